The van der Waals surface area contributed by atoms with Crippen LogP contribution in [0.3, 0.4) is 0 Å². The van der Waals surface area contributed by atoms with E-state index >= 15 is 0 Å². The molecule has 0 bridgehead atoms. The second kappa shape index (κ2) is 7.90. The molecule has 1 heterocycles. The first-order chi connectivity index (χ1) is 13.0. The standard InChI is InChI=1S/C20H18F2N4O/c1-12(2)13-6-3-4-9-16(13)24-19(27)17-10-11-23-20(25-17)26-18-14(21)7-5-8-15(18)22/h3-12H,1-2H3,(H,24,27)(H,23,25,26). The summed E-state index contributed by atoms with van der Waals surface area (Å²) in [5, 5.41) is 5.29. The van der Waals surface area contributed by atoms with Gasteiger partial charge in [-0.05, 0) is 35.7 Å². The molecule has 2 aromatic carbocycles. The molecule has 3 aromatic rings. The second-order valence-electron chi connectivity index (χ2n) is 6.18. The van der Waals surface area contributed by atoms with E-state index in [1.165, 1.54) is 18.3 Å². The molecule has 0 saturated heterocycles. The van der Waals surface area contributed by atoms with Gasteiger partial charge >= 0.3 is 0 Å². The van der Waals surface area contributed by atoms with Gasteiger partial charge in [-0.3, -0.25) is 4.79 Å². The van der Waals surface area contributed by atoms with Crippen molar-refractivity contribution in [3.8, 4) is 0 Å². The van der Waals surface area contributed by atoms with Crippen molar-refractivity contribution in [3.05, 3.63) is 77.6 Å². The maximum atomic E-state index is 13.8. The predicted molar refractivity (Wildman–Crippen MR) is 100 cm³/mol. The predicted octanol–water partition coefficient (Wildman–Crippen LogP) is 4.87. The van der Waals surface area contributed by atoms with Gasteiger partial charge in [0.2, 0.25) is 5.95 Å². The fourth-order valence-corrected chi connectivity index (χ4v) is 2.58. The Bertz CT molecular complexity index is 955. The molecule has 138 valence electrons. The van der Waals surface area contributed by atoms with E-state index in [4.69, 9.17) is 0 Å². The Kier molecular flexibility index (Phi) is 5.40. The van der Waals surface area contributed by atoms with Crippen LogP contribution in [0, 0.1) is 11.6 Å². The molecule has 0 aliphatic carbocycles. The van der Waals surface area contributed by atoms with Crippen LogP contribution >= 0.6 is 0 Å². The first-order valence-electron chi connectivity index (χ1n) is 8.40. The molecule has 1 amide bonds. The van der Waals surface area contributed by atoms with Gasteiger partial charge in [-0.15, -0.1) is 0 Å². The monoisotopic (exact) mass is 368 g/mol. The maximum absolute atomic E-state index is 13.8. The van der Waals surface area contributed by atoms with E-state index in [2.05, 4.69) is 20.6 Å². The minimum atomic E-state index is -0.778. The van der Waals surface area contributed by atoms with Crippen LogP contribution in [0.1, 0.15) is 35.8 Å². The molecule has 0 radical (unpaired) electrons. The Balaban J connectivity index is 1.82. The number of hydrogen-bond acceptors (Lipinski definition) is 4. The lowest BCUT2D eigenvalue weighted by atomic mass is 10.0. The topological polar surface area (TPSA) is 66.9 Å². The molecule has 1 aromatic heterocycles. The molecule has 0 saturated carbocycles. The molecule has 27 heavy (non-hydrogen) atoms. The largest absolute Gasteiger partial charge is 0.320 e. The number of aromatic nitrogens is 2. The van der Waals surface area contributed by atoms with Gasteiger partial charge in [0.15, 0.2) is 0 Å². The Morgan fingerprint density at radius 1 is 1.00 bits per heavy atom. The van der Waals surface area contributed by atoms with Crippen LogP contribution in [0.25, 0.3) is 0 Å². The van der Waals surface area contributed by atoms with E-state index in [0.717, 1.165) is 17.7 Å². The third kappa shape index (κ3) is 4.25. The second-order valence-corrected chi connectivity index (χ2v) is 6.18. The molecule has 0 aliphatic rings. The van der Waals surface area contributed by atoms with Crippen molar-refractivity contribution in [2.45, 2.75) is 19.8 Å². The highest BCUT2D eigenvalue weighted by Crippen LogP contribution is 2.24. The summed E-state index contributed by atoms with van der Waals surface area (Å²) >= 11 is 0. The first kappa shape index (κ1) is 18.4. The third-order valence-electron chi connectivity index (χ3n) is 3.92. The quantitative estimate of drug-likeness (QED) is 0.674. The summed E-state index contributed by atoms with van der Waals surface area (Å²) in [6, 6.07) is 12.4. The van der Waals surface area contributed by atoms with Gasteiger partial charge in [0, 0.05) is 11.9 Å². The Morgan fingerprint density at radius 2 is 1.70 bits per heavy atom. The summed E-state index contributed by atoms with van der Waals surface area (Å²) in [6.07, 6.45) is 1.34. The summed E-state index contributed by atoms with van der Waals surface area (Å²) in [6.45, 7) is 4.06. The SMILES string of the molecule is CC(C)c1ccccc1NC(=O)c1ccnc(Nc2c(F)cccc2F)n1. The van der Waals surface area contributed by atoms with E-state index < -0.39 is 17.5 Å². The van der Waals surface area contributed by atoms with Crippen LogP contribution in [-0.2, 0) is 0 Å². The van der Waals surface area contributed by atoms with Crippen molar-refractivity contribution < 1.29 is 13.6 Å². The molecule has 0 atom stereocenters. The number of para-hydroxylation sites is 2. The number of carbonyl (C=O) groups excluding carboxylic acids is 1. The number of nitrogens with one attached hydrogen (secondary N) is 2. The van der Waals surface area contributed by atoms with Crippen molar-refractivity contribution in [1.82, 2.24) is 9.97 Å². The van der Waals surface area contributed by atoms with E-state index in [0.29, 0.717) is 5.69 Å². The molecular formula is C20H18F2N4O. The van der Waals surface area contributed by atoms with E-state index in [1.54, 1.807) is 0 Å². The van der Waals surface area contributed by atoms with Crippen molar-refractivity contribution in [2.75, 3.05) is 10.6 Å². The minimum Gasteiger partial charge on any atom is -0.320 e. The number of anilines is 3. The number of hydrogen-bond donors (Lipinski definition) is 2. The maximum Gasteiger partial charge on any atom is 0.274 e. The highest BCUT2D eigenvalue weighted by Gasteiger charge is 2.14. The van der Waals surface area contributed by atoms with Gasteiger partial charge in [0.25, 0.3) is 5.91 Å². The average molecular weight is 368 g/mol. The van der Waals surface area contributed by atoms with Crippen LogP contribution in [0.15, 0.2) is 54.7 Å². The fraction of sp³-hybridized carbons (Fsp3) is 0.150. The molecule has 0 fully saturated rings. The smallest absolute Gasteiger partial charge is 0.274 e. The summed E-state index contributed by atoms with van der Waals surface area (Å²) in [5.41, 5.74) is 1.38. The van der Waals surface area contributed by atoms with Crippen molar-refractivity contribution in [2.24, 2.45) is 0 Å². The molecule has 2 N–H and O–H groups in total. The highest BCUT2D eigenvalue weighted by atomic mass is 19.1. The lowest BCUT2D eigenvalue weighted by Crippen LogP contribution is -2.16. The first-order valence-corrected chi connectivity index (χ1v) is 8.40. The Morgan fingerprint density at radius 3 is 2.41 bits per heavy atom. The summed E-state index contributed by atoms with van der Waals surface area (Å²) < 4.78 is 27.5. The molecule has 3 rings (SSSR count). The molecule has 5 nitrogen and oxygen atoms in total. The van der Waals surface area contributed by atoms with Crippen LogP contribution < -0.4 is 10.6 Å². The van der Waals surface area contributed by atoms with Crippen molar-refractivity contribution in [3.63, 3.8) is 0 Å². The van der Waals surface area contributed by atoms with E-state index in [-0.39, 0.29) is 23.2 Å². The highest BCUT2D eigenvalue weighted by molar-refractivity contribution is 6.03. The third-order valence-corrected chi connectivity index (χ3v) is 3.92. The minimum absolute atomic E-state index is 0.0720. The normalized spacial score (nSPS) is 10.7. The van der Waals surface area contributed by atoms with Crippen LogP contribution in [0.4, 0.5) is 26.1 Å². The van der Waals surface area contributed by atoms with Crippen molar-refractivity contribution in [1.29, 1.82) is 0 Å². The lowest BCUT2D eigenvalue weighted by molar-refractivity contribution is 0.102. The zero-order chi connectivity index (χ0) is 19.4. The zero-order valence-electron chi connectivity index (χ0n) is 14.8. The summed E-state index contributed by atoms with van der Waals surface area (Å²) in [7, 11) is 0. The van der Waals surface area contributed by atoms with E-state index in [1.807, 2.05) is 38.1 Å². The molecule has 0 aliphatic heterocycles. The number of halogens is 2. The van der Waals surface area contributed by atoms with Gasteiger partial charge in [0.05, 0.1) is 0 Å². The molecular weight excluding hydrogens is 350 g/mol. The number of rotatable bonds is 5. The fourth-order valence-electron chi connectivity index (χ4n) is 2.58. The van der Waals surface area contributed by atoms with Crippen LogP contribution in [0.5, 0.6) is 0 Å². The number of carbonyl (C=O) groups is 1. The van der Waals surface area contributed by atoms with Crippen LogP contribution in [-0.4, -0.2) is 15.9 Å². The number of amides is 1. The van der Waals surface area contributed by atoms with Gasteiger partial charge in [-0.1, -0.05) is 38.1 Å². The zero-order valence-corrected chi connectivity index (χ0v) is 14.8. The molecule has 7 heteroatoms. The van der Waals surface area contributed by atoms with Crippen LogP contribution in [0.2, 0.25) is 0 Å². The van der Waals surface area contributed by atoms with Crippen molar-refractivity contribution >= 4 is 23.2 Å². The molecule has 0 spiro atoms. The Hall–Kier alpha value is -3.35. The van der Waals surface area contributed by atoms with Gasteiger partial charge in [-0.2, -0.15) is 0 Å². The van der Waals surface area contributed by atoms with Gasteiger partial charge in [-0.25, -0.2) is 18.7 Å². The number of benzene rings is 2. The lowest BCUT2D eigenvalue weighted by Gasteiger charge is -2.13. The average Bonchev–Trinajstić information content (AvgIpc) is 2.65. The van der Waals surface area contributed by atoms with Gasteiger partial charge < -0.3 is 10.6 Å². The molecule has 0 unspecified atom stereocenters. The Labute approximate surface area is 155 Å². The summed E-state index contributed by atoms with van der Waals surface area (Å²) in [4.78, 5) is 20.5. The number of nitrogens with zero attached hydrogens (tertiary/aromatic N) is 2. The summed E-state index contributed by atoms with van der Waals surface area (Å²) in [5.74, 6) is -1.85. The van der Waals surface area contributed by atoms with Gasteiger partial charge in [0.1, 0.15) is 23.0 Å². The van der Waals surface area contributed by atoms with E-state index in [9.17, 15) is 13.6 Å².